The van der Waals surface area contributed by atoms with Crippen LogP contribution in [0, 0.1) is 5.82 Å². The molecule has 0 radical (unpaired) electrons. The van der Waals surface area contributed by atoms with Crippen molar-refractivity contribution in [3.05, 3.63) is 33.6 Å². The molecule has 0 heterocycles. The van der Waals surface area contributed by atoms with E-state index >= 15 is 0 Å². The number of ether oxygens (including phenoxy) is 2. The summed E-state index contributed by atoms with van der Waals surface area (Å²) in [5.41, 5.74) is 6.05. The normalized spacial score (nSPS) is 11.9. The molecule has 0 saturated carbocycles. The van der Waals surface area contributed by atoms with Crippen LogP contribution in [-0.4, -0.2) is 19.8 Å². The van der Waals surface area contributed by atoms with Crippen molar-refractivity contribution in [1.29, 1.82) is 0 Å². The lowest BCUT2D eigenvalue weighted by Gasteiger charge is -2.33. The Balaban J connectivity index is 3.31. The number of halogens is 3. The summed E-state index contributed by atoms with van der Waals surface area (Å²) in [6, 6.07) is 2.51. The van der Waals surface area contributed by atoms with Gasteiger partial charge in [0.05, 0.1) is 16.6 Å². The zero-order chi connectivity index (χ0) is 13.8. The van der Waals surface area contributed by atoms with Gasteiger partial charge < -0.3 is 15.2 Å². The van der Waals surface area contributed by atoms with Gasteiger partial charge in [0.2, 0.25) is 5.79 Å². The van der Waals surface area contributed by atoms with Crippen LogP contribution >= 0.6 is 23.2 Å². The van der Waals surface area contributed by atoms with Gasteiger partial charge in [-0.25, -0.2) is 4.39 Å². The van der Waals surface area contributed by atoms with Crippen LogP contribution in [0.3, 0.4) is 0 Å². The van der Waals surface area contributed by atoms with Crippen LogP contribution in [0.4, 0.5) is 4.39 Å². The molecule has 0 fully saturated rings. The van der Waals surface area contributed by atoms with E-state index in [0.29, 0.717) is 18.8 Å². The van der Waals surface area contributed by atoms with E-state index in [9.17, 15) is 4.39 Å². The first-order valence-corrected chi connectivity index (χ1v) is 6.39. The van der Waals surface area contributed by atoms with Crippen LogP contribution in [0.5, 0.6) is 0 Å². The highest BCUT2D eigenvalue weighted by atomic mass is 35.5. The largest absolute Gasteiger partial charge is 0.345 e. The zero-order valence-electron chi connectivity index (χ0n) is 10.3. The number of nitrogens with two attached hydrogens (primary N) is 1. The van der Waals surface area contributed by atoms with E-state index in [4.69, 9.17) is 38.4 Å². The second-order valence-electron chi connectivity index (χ2n) is 3.57. The minimum Gasteiger partial charge on any atom is -0.345 e. The minimum atomic E-state index is -1.24. The van der Waals surface area contributed by atoms with Crippen LogP contribution in [0.2, 0.25) is 10.0 Å². The molecule has 102 valence electrons. The van der Waals surface area contributed by atoms with Gasteiger partial charge in [-0.05, 0) is 26.0 Å². The van der Waals surface area contributed by atoms with Crippen molar-refractivity contribution < 1.29 is 13.9 Å². The Bertz CT molecular complexity index is 409. The minimum absolute atomic E-state index is 0.0233. The maximum atomic E-state index is 13.6. The quantitative estimate of drug-likeness (QED) is 0.647. The monoisotopic (exact) mass is 295 g/mol. The van der Waals surface area contributed by atoms with Crippen LogP contribution in [0.25, 0.3) is 0 Å². The lowest BCUT2D eigenvalue weighted by molar-refractivity contribution is -0.235. The lowest BCUT2D eigenvalue weighted by Crippen LogP contribution is -2.41. The van der Waals surface area contributed by atoms with Crippen molar-refractivity contribution in [2.45, 2.75) is 19.6 Å². The van der Waals surface area contributed by atoms with Gasteiger partial charge in [0, 0.05) is 18.8 Å². The van der Waals surface area contributed by atoms with E-state index in [1.807, 2.05) is 0 Å². The Labute approximate surface area is 116 Å². The SMILES string of the molecule is CCOC(CN)(OCC)c1cc(F)c(Cl)cc1Cl. The topological polar surface area (TPSA) is 44.5 Å². The molecule has 0 bridgehead atoms. The van der Waals surface area contributed by atoms with Crippen molar-refractivity contribution >= 4 is 23.2 Å². The Morgan fingerprint density at radius 3 is 2.17 bits per heavy atom. The first kappa shape index (κ1) is 15.7. The van der Waals surface area contributed by atoms with Gasteiger partial charge >= 0.3 is 0 Å². The summed E-state index contributed by atoms with van der Waals surface area (Å²) in [6.45, 7) is 4.33. The van der Waals surface area contributed by atoms with Crippen LogP contribution in [0.1, 0.15) is 19.4 Å². The number of hydrogen-bond acceptors (Lipinski definition) is 3. The fourth-order valence-electron chi connectivity index (χ4n) is 1.71. The van der Waals surface area contributed by atoms with E-state index in [-0.39, 0.29) is 16.6 Å². The highest BCUT2D eigenvalue weighted by Gasteiger charge is 2.35. The number of hydrogen-bond donors (Lipinski definition) is 1. The zero-order valence-corrected chi connectivity index (χ0v) is 11.8. The fourth-order valence-corrected chi connectivity index (χ4v) is 2.23. The van der Waals surface area contributed by atoms with Gasteiger partial charge in [-0.3, -0.25) is 0 Å². The molecule has 1 aromatic carbocycles. The number of benzene rings is 1. The molecule has 18 heavy (non-hydrogen) atoms. The van der Waals surface area contributed by atoms with E-state index in [2.05, 4.69) is 0 Å². The standard InChI is InChI=1S/C12H16Cl2FNO2/c1-3-17-12(7-16,18-4-2)8-5-11(15)10(14)6-9(8)13/h5-6H,3-4,7,16H2,1-2H3. The predicted octanol–water partition coefficient (Wildman–Crippen LogP) is 3.32. The van der Waals surface area contributed by atoms with Gasteiger partial charge in [0.15, 0.2) is 0 Å². The molecule has 0 amide bonds. The van der Waals surface area contributed by atoms with Crippen LogP contribution in [-0.2, 0) is 15.3 Å². The first-order chi connectivity index (χ1) is 8.50. The summed E-state index contributed by atoms with van der Waals surface area (Å²) in [5.74, 6) is -1.83. The molecule has 0 unspecified atom stereocenters. The molecule has 0 aliphatic heterocycles. The van der Waals surface area contributed by atoms with E-state index in [1.165, 1.54) is 12.1 Å². The van der Waals surface area contributed by atoms with Crippen molar-refractivity contribution in [2.75, 3.05) is 19.8 Å². The first-order valence-electron chi connectivity index (χ1n) is 5.63. The molecule has 0 saturated heterocycles. The molecule has 0 atom stereocenters. The lowest BCUT2D eigenvalue weighted by atomic mass is 10.1. The molecule has 0 aliphatic carbocycles. The van der Waals surface area contributed by atoms with Gasteiger partial charge in [-0.15, -0.1) is 0 Å². The number of rotatable bonds is 6. The summed E-state index contributed by atoms with van der Waals surface area (Å²) in [4.78, 5) is 0. The van der Waals surface area contributed by atoms with Crippen molar-refractivity contribution in [3.8, 4) is 0 Å². The molecule has 0 spiro atoms. The van der Waals surface area contributed by atoms with E-state index in [0.717, 1.165) is 0 Å². The maximum absolute atomic E-state index is 13.6. The summed E-state index contributed by atoms with van der Waals surface area (Å²) < 4.78 is 24.6. The van der Waals surface area contributed by atoms with Crippen LogP contribution < -0.4 is 5.73 Å². The third-order valence-corrected chi connectivity index (χ3v) is 3.05. The highest BCUT2D eigenvalue weighted by Crippen LogP contribution is 2.35. The second kappa shape index (κ2) is 6.68. The molecular formula is C12H16Cl2FNO2. The van der Waals surface area contributed by atoms with E-state index in [1.54, 1.807) is 13.8 Å². The van der Waals surface area contributed by atoms with Gasteiger partial charge in [0.1, 0.15) is 5.82 Å². The smallest absolute Gasteiger partial charge is 0.209 e. The summed E-state index contributed by atoms with van der Waals surface area (Å²) in [5, 5.41) is 0.205. The molecule has 0 aromatic heterocycles. The Morgan fingerprint density at radius 1 is 1.17 bits per heavy atom. The van der Waals surface area contributed by atoms with Crippen molar-refractivity contribution in [3.63, 3.8) is 0 Å². The molecule has 2 N–H and O–H groups in total. The van der Waals surface area contributed by atoms with Crippen molar-refractivity contribution in [1.82, 2.24) is 0 Å². The molecule has 1 rings (SSSR count). The van der Waals surface area contributed by atoms with Gasteiger partial charge in [-0.2, -0.15) is 0 Å². The van der Waals surface area contributed by atoms with E-state index < -0.39 is 11.6 Å². The average Bonchev–Trinajstić information content (AvgIpc) is 2.33. The van der Waals surface area contributed by atoms with Gasteiger partial charge in [-0.1, -0.05) is 23.2 Å². The predicted molar refractivity (Wildman–Crippen MR) is 70.4 cm³/mol. The molecule has 0 aliphatic rings. The van der Waals surface area contributed by atoms with Crippen LogP contribution in [0.15, 0.2) is 12.1 Å². The summed E-state index contributed by atoms with van der Waals surface area (Å²) in [6.07, 6.45) is 0. The second-order valence-corrected chi connectivity index (χ2v) is 4.38. The molecular weight excluding hydrogens is 280 g/mol. The fraction of sp³-hybridized carbons (Fsp3) is 0.500. The Morgan fingerprint density at radius 2 is 1.72 bits per heavy atom. The summed E-state index contributed by atoms with van der Waals surface area (Å²) >= 11 is 11.7. The third-order valence-electron chi connectivity index (χ3n) is 2.44. The van der Waals surface area contributed by atoms with Crippen molar-refractivity contribution in [2.24, 2.45) is 5.73 Å². The molecule has 6 heteroatoms. The molecule has 1 aromatic rings. The average molecular weight is 296 g/mol. The maximum Gasteiger partial charge on any atom is 0.209 e. The summed E-state index contributed by atoms with van der Waals surface area (Å²) in [7, 11) is 0. The van der Waals surface area contributed by atoms with Gasteiger partial charge in [0.25, 0.3) is 0 Å². The highest BCUT2D eigenvalue weighted by molar-refractivity contribution is 6.35. The molecule has 3 nitrogen and oxygen atoms in total. The Hall–Kier alpha value is -0.390. The Kier molecular flexibility index (Phi) is 5.82. The third kappa shape index (κ3) is 3.13.